The number of rotatable bonds is 6. The fourth-order valence-corrected chi connectivity index (χ4v) is 9.28. The fourth-order valence-electron chi connectivity index (χ4n) is 9.28. The summed E-state index contributed by atoms with van der Waals surface area (Å²) in [6.45, 7) is 2.38. The molecule has 2 aliphatic carbocycles. The van der Waals surface area contributed by atoms with Gasteiger partial charge in [-0.2, -0.15) is 0 Å². The molecule has 0 N–H and O–H groups in total. The minimum atomic E-state index is -0.152. The molecule has 7 aromatic carbocycles. The lowest BCUT2D eigenvalue weighted by Gasteiger charge is -2.40. The second-order valence-corrected chi connectivity index (χ2v) is 15.8. The Kier molecular flexibility index (Phi) is 8.34. The lowest BCUT2D eigenvalue weighted by Crippen LogP contribution is -2.27. The molecule has 278 valence electrons. The minimum Gasteiger partial charge on any atom is -0.264 e. The van der Waals surface area contributed by atoms with Gasteiger partial charge in [-0.15, -0.1) is 0 Å². The van der Waals surface area contributed by atoms with E-state index in [0.29, 0.717) is 5.82 Å². The number of fused-ring (bicyclic) bond motifs is 4. The summed E-state index contributed by atoms with van der Waals surface area (Å²) in [6, 6.07) is 56.5. The van der Waals surface area contributed by atoms with Crippen LogP contribution in [0, 0.1) is 5.41 Å². The van der Waals surface area contributed by atoms with Crippen molar-refractivity contribution in [2.45, 2.75) is 12.8 Å². The highest BCUT2D eigenvalue weighted by molar-refractivity contribution is 6.15. The zero-order valence-corrected chi connectivity index (χ0v) is 32.6. The first-order valence-electron chi connectivity index (χ1n) is 20.3. The van der Waals surface area contributed by atoms with E-state index in [1.54, 1.807) is 6.20 Å². The molecule has 0 amide bonds. The molecule has 2 atom stereocenters. The molecule has 59 heavy (non-hydrogen) atoms. The van der Waals surface area contributed by atoms with E-state index in [2.05, 4.69) is 206 Å². The summed E-state index contributed by atoms with van der Waals surface area (Å²) < 4.78 is 0. The highest BCUT2D eigenvalue weighted by Crippen LogP contribution is 2.53. The van der Waals surface area contributed by atoms with Crippen molar-refractivity contribution in [2.24, 2.45) is 5.41 Å². The maximum atomic E-state index is 5.31. The number of allylic oxidation sites excluding steroid dienone is 8. The molecule has 0 bridgehead atoms. The molecule has 9 aromatic rings. The lowest BCUT2D eigenvalue weighted by atomic mass is 9.63. The number of benzene rings is 7. The third kappa shape index (κ3) is 6.02. The van der Waals surface area contributed by atoms with Crippen molar-refractivity contribution < 1.29 is 0 Å². The zero-order valence-electron chi connectivity index (χ0n) is 32.6. The number of aromatic nitrogens is 3. The molecule has 0 aliphatic heterocycles. The van der Waals surface area contributed by atoms with E-state index in [4.69, 9.17) is 9.97 Å². The van der Waals surface area contributed by atoms with Gasteiger partial charge in [0.1, 0.15) is 0 Å². The summed E-state index contributed by atoms with van der Waals surface area (Å²) in [7, 11) is 0. The molecule has 3 nitrogen and oxygen atoms in total. The molecular formula is C56H39N3. The van der Waals surface area contributed by atoms with Gasteiger partial charge in [-0.25, -0.2) is 9.97 Å². The Bertz CT molecular complexity index is 3170. The molecule has 2 unspecified atom stereocenters. The van der Waals surface area contributed by atoms with E-state index in [1.165, 1.54) is 49.0 Å². The van der Waals surface area contributed by atoms with Gasteiger partial charge >= 0.3 is 0 Å². The van der Waals surface area contributed by atoms with Gasteiger partial charge in [0, 0.05) is 40.4 Å². The summed E-state index contributed by atoms with van der Waals surface area (Å²) >= 11 is 0. The second-order valence-electron chi connectivity index (χ2n) is 15.8. The number of pyridine rings is 1. The molecular weight excluding hydrogens is 715 g/mol. The highest BCUT2D eigenvalue weighted by Gasteiger charge is 2.38. The predicted molar refractivity (Wildman–Crippen MR) is 246 cm³/mol. The van der Waals surface area contributed by atoms with Gasteiger partial charge < -0.3 is 0 Å². The standard InChI is InChI=1S/C56H39N3/c1-56-31-9-8-18-45(56)19-11-24-50(56)54-48-22-6-4-20-46(48)53(47-21-5-7-23-49(47)54)42-15-10-16-43(34-42)55-58-51(39-28-25-38(26-29-39)44-17-12-32-57-36-44)35-52(59-55)41-30-27-37-13-2-3-14-40(37)33-41/h2-36,50H,1H3. The summed E-state index contributed by atoms with van der Waals surface area (Å²) in [5.74, 6) is 0.854. The molecule has 11 rings (SSSR count). The first kappa shape index (κ1) is 34.7. The molecule has 0 radical (unpaired) electrons. The monoisotopic (exact) mass is 753 g/mol. The normalized spacial score (nSPS) is 17.0. The van der Waals surface area contributed by atoms with Crippen LogP contribution in [0.25, 0.3) is 88.5 Å². The molecule has 2 aliphatic rings. The van der Waals surface area contributed by atoms with Crippen molar-refractivity contribution >= 4 is 32.3 Å². The maximum Gasteiger partial charge on any atom is 0.160 e. The highest BCUT2D eigenvalue weighted by atomic mass is 14.9. The molecule has 0 spiro atoms. The van der Waals surface area contributed by atoms with E-state index < -0.39 is 0 Å². The molecule has 0 saturated heterocycles. The van der Waals surface area contributed by atoms with E-state index in [0.717, 1.165) is 44.8 Å². The number of hydrogen-bond donors (Lipinski definition) is 0. The summed E-state index contributed by atoms with van der Waals surface area (Å²) in [6.07, 6.45) is 19.6. The Labute approximate surface area is 344 Å². The van der Waals surface area contributed by atoms with Gasteiger partial charge in [0.2, 0.25) is 0 Å². The molecule has 0 fully saturated rings. The maximum absolute atomic E-state index is 5.31. The second kappa shape index (κ2) is 14.2. The van der Waals surface area contributed by atoms with E-state index in [9.17, 15) is 0 Å². The van der Waals surface area contributed by atoms with Gasteiger partial charge in [-0.3, -0.25) is 4.98 Å². The van der Waals surface area contributed by atoms with Crippen LogP contribution >= 0.6 is 0 Å². The lowest BCUT2D eigenvalue weighted by molar-refractivity contribution is 0.463. The Hall–Kier alpha value is -7.49. The van der Waals surface area contributed by atoms with Crippen LogP contribution in [0.3, 0.4) is 0 Å². The van der Waals surface area contributed by atoms with Crippen molar-refractivity contribution in [3.05, 3.63) is 224 Å². The van der Waals surface area contributed by atoms with Crippen molar-refractivity contribution in [1.29, 1.82) is 0 Å². The van der Waals surface area contributed by atoms with Crippen molar-refractivity contribution in [3.63, 3.8) is 0 Å². The van der Waals surface area contributed by atoms with Crippen molar-refractivity contribution in [3.8, 4) is 56.2 Å². The molecule has 2 heterocycles. The first-order valence-corrected chi connectivity index (χ1v) is 20.3. The summed E-state index contributed by atoms with van der Waals surface area (Å²) in [4.78, 5) is 14.9. The molecule has 3 heteroatoms. The van der Waals surface area contributed by atoms with E-state index >= 15 is 0 Å². The van der Waals surface area contributed by atoms with Gasteiger partial charge in [0.15, 0.2) is 5.82 Å². The largest absolute Gasteiger partial charge is 0.264 e. The van der Waals surface area contributed by atoms with Crippen LogP contribution in [0.15, 0.2) is 218 Å². The van der Waals surface area contributed by atoms with Crippen LogP contribution in [0.5, 0.6) is 0 Å². The SMILES string of the molecule is CC12C=CC=CC1=CC=CC2c1c2ccccc2c(-c2cccc(-c3nc(-c4ccc(-c5cccnc5)cc4)cc(-c4ccc5ccccc5c4)n3)c2)c2ccccc12. The Balaban J connectivity index is 1.08. The Morgan fingerprint density at radius 1 is 0.492 bits per heavy atom. The summed E-state index contributed by atoms with van der Waals surface area (Å²) in [5, 5.41) is 7.41. The van der Waals surface area contributed by atoms with Crippen LogP contribution in [0.2, 0.25) is 0 Å². The third-order valence-electron chi connectivity index (χ3n) is 12.3. The Morgan fingerprint density at radius 3 is 1.92 bits per heavy atom. The smallest absolute Gasteiger partial charge is 0.160 e. The third-order valence-corrected chi connectivity index (χ3v) is 12.3. The molecule has 0 saturated carbocycles. The van der Waals surface area contributed by atoms with Gasteiger partial charge in [0.25, 0.3) is 0 Å². The van der Waals surface area contributed by atoms with Crippen LogP contribution in [0.4, 0.5) is 0 Å². The van der Waals surface area contributed by atoms with Gasteiger partial charge in [-0.05, 0) is 90.0 Å². The summed E-state index contributed by atoms with van der Waals surface area (Å²) in [5.41, 5.74) is 11.9. The molecule has 2 aromatic heterocycles. The average Bonchev–Trinajstić information content (AvgIpc) is 3.30. The van der Waals surface area contributed by atoms with Crippen molar-refractivity contribution in [1.82, 2.24) is 15.0 Å². The Morgan fingerprint density at radius 2 is 1.15 bits per heavy atom. The predicted octanol–water partition coefficient (Wildman–Crippen LogP) is 14.4. The average molecular weight is 754 g/mol. The van der Waals surface area contributed by atoms with Gasteiger partial charge in [-0.1, -0.05) is 183 Å². The van der Waals surface area contributed by atoms with Crippen LogP contribution in [0.1, 0.15) is 18.4 Å². The number of hydrogen-bond acceptors (Lipinski definition) is 3. The fraction of sp³-hybridized carbons (Fsp3) is 0.0536. The minimum absolute atomic E-state index is 0.152. The van der Waals surface area contributed by atoms with E-state index in [1.807, 2.05) is 12.3 Å². The van der Waals surface area contributed by atoms with Crippen LogP contribution in [-0.2, 0) is 0 Å². The van der Waals surface area contributed by atoms with Crippen LogP contribution in [-0.4, -0.2) is 15.0 Å². The zero-order chi connectivity index (χ0) is 39.3. The van der Waals surface area contributed by atoms with Gasteiger partial charge in [0.05, 0.1) is 11.4 Å². The quantitative estimate of drug-likeness (QED) is 0.159. The van der Waals surface area contributed by atoms with Crippen LogP contribution < -0.4 is 0 Å². The topological polar surface area (TPSA) is 38.7 Å². The number of nitrogens with zero attached hydrogens (tertiary/aromatic N) is 3. The van der Waals surface area contributed by atoms with Crippen molar-refractivity contribution in [2.75, 3.05) is 0 Å². The first-order chi connectivity index (χ1) is 29.1. The van der Waals surface area contributed by atoms with E-state index in [-0.39, 0.29) is 11.3 Å².